The first-order chi connectivity index (χ1) is 15.3. The Morgan fingerprint density at radius 3 is 2.53 bits per heavy atom. The van der Waals surface area contributed by atoms with Gasteiger partial charge in [0, 0.05) is 17.8 Å². The molecule has 0 aliphatic carbocycles. The van der Waals surface area contributed by atoms with Crippen LogP contribution in [0.1, 0.15) is 73.1 Å². The number of fused-ring (bicyclic) bond motifs is 1. The predicted octanol–water partition coefficient (Wildman–Crippen LogP) is 2.32. The number of hydrogen-bond donors (Lipinski definition) is 3. The maximum absolute atomic E-state index is 13.9. The summed E-state index contributed by atoms with van der Waals surface area (Å²) < 4.78 is -0.590. The number of carbonyl (C=O) groups is 3. The molecule has 2 bridgehead atoms. The van der Waals surface area contributed by atoms with Gasteiger partial charge in [-0.25, -0.2) is 0 Å². The van der Waals surface area contributed by atoms with Crippen LogP contribution in [0.3, 0.4) is 0 Å². The Bertz CT molecular complexity index is 719. The Morgan fingerprint density at radius 1 is 1.22 bits per heavy atom. The zero-order chi connectivity index (χ0) is 23.6. The molecule has 8 atom stereocenters. The molecule has 3 amide bonds. The Morgan fingerprint density at radius 2 is 1.94 bits per heavy atom. The van der Waals surface area contributed by atoms with Gasteiger partial charge >= 0.3 is 0 Å². The molecule has 1 spiro atoms. The van der Waals surface area contributed by atoms with E-state index < -0.39 is 28.7 Å². The first-order valence-electron chi connectivity index (χ1n) is 12.5. The molecule has 3 aliphatic rings. The van der Waals surface area contributed by atoms with E-state index in [1.165, 1.54) is 0 Å². The average Bonchev–Trinajstić information content (AvgIpc) is 3.40. The third-order valence-corrected chi connectivity index (χ3v) is 9.75. The first-order valence-corrected chi connectivity index (χ1v) is 13.3. The summed E-state index contributed by atoms with van der Waals surface area (Å²) in [5.41, 5.74) is 0. The van der Waals surface area contributed by atoms with Gasteiger partial charge in [-0.2, -0.15) is 0 Å². The SMILES string of the molecule is CCCNC(=O)[C@@H]1[C@H]2C(=O)N([C@@H](CO)[C@@H](C)CC)C(C(=O)NC(C)CCC)C23CC[C@H]1S3. The van der Waals surface area contributed by atoms with Gasteiger partial charge in [-0.05, 0) is 38.5 Å². The van der Waals surface area contributed by atoms with Crippen molar-refractivity contribution in [2.45, 2.75) is 101 Å². The van der Waals surface area contributed by atoms with Crippen molar-refractivity contribution in [1.29, 1.82) is 0 Å². The number of nitrogens with zero attached hydrogens (tertiary/aromatic N) is 1. The van der Waals surface area contributed by atoms with Crippen molar-refractivity contribution in [3.63, 3.8) is 0 Å². The van der Waals surface area contributed by atoms with Crippen molar-refractivity contribution in [3.05, 3.63) is 0 Å². The zero-order valence-corrected chi connectivity index (χ0v) is 21.0. The van der Waals surface area contributed by atoms with Crippen molar-refractivity contribution in [3.8, 4) is 0 Å². The summed E-state index contributed by atoms with van der Waals surface area (Å²) in [5, 5.41) is 16.5. The summed E-state index contributed by atoms with van der Waals surface area (Å²) in [4.78, 5) is 42.4. The number of aliphatic hydroxyl groups is 1. The Labute approximate surface area is 196 Å². The molecule has 0 aromatic rings. The van der Waals surface area contributed by atoms with Gasteiger partial charge in [0.1, 0.15) is 6.04 Å². The first kappa shape index (κ1) is 25.3. The number of hydrogen-bond acceptors (Lipinski definition) is 5. The normalized spacial score (nSPS) is 33.7. The molecule has 0 aromatic heterocycles. The molecule has 3 unspecified atom stereocenters. The molecule has 3 aliphatic heterocycles. The number of aliphatic hydroxyl groups excluding tert-OH is 1. The lowest BCUT2D eigenvalue weighted by Gasteiger charge is -2.39. The van der Waals surface area contributed by atoms with Crippen LogP contribution in [0.25, 0.3) is 0 Å². The number of thioether (sulfide) groups is 1. The molecule has 7 nitrogen and oxygen atoms in total. The monoisotopic (exact) mass is 467 g/mol. The quantitative estimate of drug-likeness (QED) is 0.433. The Hall–Kier alpha value is -1.28. The molecule has 3 fully saturated rings. The van der Waals surface area contributed by atoms with Crippen LogP contribution in [0.2, 0.25) is 0 Å². The standard InChI is InChI=1S/C24H41N3O4S/c1-6-9-15(5)26-22(30)20-24-11-10-17(32-24)18(21(29)25-12-7-2)19(24)23(31)27(20)16(13-28)14(4)8-3/h14-20,28H,6-13H2,1-5H3,(H,25,29)(H,26,30)/t14-,15?,16-,17+,18-,19-,20?,24?/m0/s1. The molecule has 182 valence electrons. The van der Waals surface area contributed by atoms with Crippen LogP contribution in [0.4, 0.5) is 0 Å². The van der Waals surface area contributed by atoms with Crippen LogP contribution in [0, 0.1) is 17.8 Å². The minimum atomic E-state index is -0.649. The van der Waals surface area contributed by atoms with E-state index in [9.17, 15) is 19.5 Å². The number of carbonyl (C=O) groups excluding carboxylic acids is 3. The second-order valence-corrected chi connectivity index (χ2v) is 11.5. The third kappa shape index (κ3) is 4.17. The molecular formula is C24H41N3O4S. The minimum Gasteiger partial charge on any atom is -0.394 e. The molecule has 0 aromatic carbocycles. The number of amides is 3. The van der Waals surface area contributed by atoms with E-state index in [0.717, 1.165) is 38.5 Å². The van der Waals surface area contributed by atoms with Crippen molar-refractivity contribution in [1.82, 2.24) is 15.5 Å². The van der Waals surface area contributed by atoms with E-state index >= 15 is 0 Å². The molecule has 32 heavy (non-hydrogen) atoms. The van der Waals surface area contributed by atoms with E-state index in [-0.39, 0.29) is 41.5 Å². The van der Waals surface area contributed by atoms with Gasteiger partial charge in [0.25, 0.3) is 0 Å². The van der Waals surface area contributed by atoms with Crippen LogP contribution >= 0.6 is 11.8 Å². The van der Waals surface area contributed by atoms with E-state index in [4.69, 9.17) is 0 Å². The fraction of sp³-hybridized carbons (Fsp3) is 0.875. The maximum atomic E-state index is 13.9. The van der Waals surface area contributed by atoms with Crippen molar-refractivity contribution in [2.75, 3.05) is 13.2 Å². The lowest BCUT2D eigenvalue weighted by molar-refractivity contribution is -0.144. The van der Waals surface area contributed by atoms with Crippen molar-refractivity contribution in [2.24, 2.45) is 17.8 Å². The summed E-state index contributed by atoms with van der Waals surface area (Å²) in [6, 6.07) is -1.06. The highest BCUT2D eigenvalue weighted by Gasteiger charge is 2.74. The molecule has 3 heterocycles. The second kappa shape index (κ2) is 10.3. The summed E-state index contributed by atoms with van der Waals surface area (Å²) >= 11 is 1.69. The summed E-state index contributed by atoms with van der Waals surface area (Å²) in [5.74, 6) is -1.17. The van der Waals surface area contributed by atoms with Gasteiger partial charge in [-0.3, -0.25) is 14.4 Å². The van der Waals surface area contributed by atoms with Crippen LogP contribution in [-0.4, -0.2) is 69.0 Å². The van der Waals surface area contributed by atoms with Gasteiger partial charge in [-0.15, -0.1) is 11.8 Å². The average molecular weight is 468 g/mol. The van der Waals surface area contributed by atoms with E-state index in [1.807, 2.05) is 27.7 Å². The lowest BCUT2D eigenvalue weighted by atomic mass is 9.70. The van der Waals surface area contributed by atoms with Crippen molar-refractivity contribution >= 4 is 29.5 Å². The number of nitrogens with one attached hydrogen (secondary N) is 2. The van der Waals surface area contributed by atoms with Crippen LogP contribution in [-0.2, 0) is 14.4 Å². The Kier molecular flexibility index (Phi) is 8.18. The third-order valence-electron chi connectivity index (χ3n) is 7.79. The van der Waals surface area contributed by atoms with Gasteiger partial charge < -0.3 is 20.6 Å². The maximum Gasteiger partial charge on any atom is 0.244 e. The van der Waals surface area contributed by atoms with E-state index in [2.05, 4.69) is 17.6 Å². The van der Waals surface area contributed by atoms with Crippen LogP contribution < -0.4 is 10.6 Å². The van der Waals surface area contributed by atoms with Crippen LogP contribution in [0.5, 0.6) is 0 Å². The fourth-order valence-electron chi connectivity index (χ4n) is 6.06. The van der Waals surface area contributed by atoms with Crippen LogP contribution in [0.15, 0.2) is 0 Å². The van der Waals surface area contributed by atoms with E-state index in [1.54, 1.807) is 16.7 Å². The predicted molar refractivity (Wildman–Crippen MR) is 127 cm³/mol. The van der Waals surface area contributed by atoms with Gasteiger partial charge in [-0.1, -0.05) is 40.5 Å². The highest BCUT2D eigenvalue weighted by atomic mass is 32.2. The lowest BCUT2D eigenvalue weighted by Crippen LogP contribution is -2.58. The van der Waals surface area contributed by atoms with Crippen molar-refractivity contribution < 1.29 is 19.5 Å². The molecule has 0 saturated carbocycles. The number of rotatable bonds is 11. The van der Waals surface area contributed by atoms with E-state index in [0.29, 0.717) is 6.54 Å². The highest BCUT2D eigenvalue weighted by Crippen LogP contribution is 2.66. The Balaban J connectivity index is 2.01. The molecule has 8 heteroatoms. The van der Waals surface area contributed by atoms with Gasteiger partial charge in [0.2, 0.25) is 17.7 Å². The minimum absolute atomic E-state index is 0.0170. The summed E-state index contributed by atoms with van der Waals surface area (Å²) in [7, 11) is 0. The van der Waals surface area contributed by atoms with Gasteiger partial charge in [0.15, 0.2) is 0 Å². The molecule has 3 saturated heterocycles. The largest absolute Gasteiger partial charge is 0.394 e. The molecule has 3 rings (SSSR count). The molecule has 0 radical (unpaired) electrons. The topological polar surface area (TPSA) is 98.7 Å². The second-order valence-electron chi connectivity index (χ2n) is 9.93. The van der Waals surface area contributed by atoms with Gasteiger partial charge in [0.05, 0.1) is 29.2 Å². The summed E-state index contributed by atoms with van der Waals surface area (Å²) in [6.45, 7) is 10.6. The number of likely N-dealkylation sites (tertiary alicyclic amines) is 1. The highest BCUT2D eigenvalue weighted by molar-refractivity contribution is 8.02. The molecular weight excluding hydrogens is 426 g/mol. The fourth-order valence-corrected chi connectivity index (χ4v) is 8.26. The molecule has 3 N–H and O–H groups in total. The zero-order valence-electron chi connectivity index (χ0n) is 20.2. The summed E-state index contributed by atoms with van der Waals surface area (Å²) in [6.07, 6.45) is 5.07. The smallest absolute Gasteiger partial charge is 0.244 e.